The van der Waals surface area contributed by atoms with Gasteiger partial charge in [0.05, 0.1) is 7.11 Å². The van der Waals surface area contributed by atoms with E-state index < -0.39 is 17.9 Å². The summed E-state index contributed by atoms with van der Waals surface area (Å²) in [6.07, 6.45) is 3.75. The lowest BCUT2D eigenvalue weighted by atomic mass is 9.98. The van der Waals surface area contributed by atoms with Gasteiger partial charge in [-0.15, -0.1) is 0 Å². The Kier molecular flexibility index (Phi) is 9.80. The number of esters is 1. The second-order valence-electron chi connectivity index (χ2n) is 8.56. The minimum absolute atomic E-state index is 0.207. The third-order valence-corrected chi connectivity index (χ3v) is 5.98. The maximum atomic E-state index is 12.4. The number of nitrogens with one attached hydrogen (secondary N) is 2. The molecule has 3 aromatic rings. The van der Waals surface area contributed by atoms with Crippen LogP contribution in [0.15, 0.2) is 66.7 Å². The Morgan fingerprint density at radius 2 is 1.43 bits per heavy atom. The van der Waals surface area contributed by atoms with Gasteiger partial charge < -0.3 is 10.1 Å². The number of rotatable bonds is 12. The lowest BCUT2D eigenvalue weighted by molar-refractivity contribution is -0.145. The molecule has 0 saturated carbocycles. The molecule has 0 aromatic heterocycles. The van der Waals surface area contributed by atoms with Crippen molar-refractivity contribution in [2.45, 2.75) is 51.0 Å². The van der Waals surface area contributed by atoms with E-state index in [9.17, 15) is 14.4 Å². The molecular weight excluding hydrogens is 444 g/mol. The van der Waals surface area contributed by atoms with Crippen LogP contribution in [-0.4, -0.2) is 36.1 Å². The fraction of sp³-hybridized carbons (Fsp3) is 0.321. The van der Waals surface area contributed by atoms with E-state index in [4.69, 9.17) is 9.94 Å². The van der Waals surface area contributed by atoms with Gasteiger partial charge in [-0.1, -0.05) is 73.5 Å². The van der Waals surface area contributed by atoms with Crippen LogP contribution in [0.3, 0.4) is 0 Å². The molecule has 2 amide bonds. The predicted octanol–water partition coefficient (Wildman–Crippen LogP) is 4.55. The van der Waals surface area contributed by atoms with Crippen LogP contribution >= 0.6 is 0 Å². The summed E-state index contributed by atoms with van der Waals surface area (Å²) in [5.74, 6) is -1.10. The molecule has 0 aliphatic heterocycles. The molecule has 3 N–H and O–H groups in total. The molecule has 184 valence electrons. The maximum absolute atomic E-state index is 12.4. The van der Waals surface area contributed by atoms with Crippen LogP contribution in [0.1, 0.15) is 44.1 Å². The summed E-state index contributed by atoms with van der Waals surface area (Å²) in [6.45, 7) is 0. The van der Waals surface area contributed by atoms with E-state index in [2.05, 4.69) is 35.6 Å². The first-order chi connectivity index (χ1) is 17.0. The van der Waals surface area contributed by atoms with E-state index >= 15 is 0 Å². The Balaban J connectivity index is 1.53. The quantitative estimate of drug-likeness (QED) is 0.154. The molecular formula is C28H32N2O5. The zero-order valence-electron chi connectivity index (χ0n) is 20.0. The molecule has 0 saturated heterocycles. The normalized spacial score (nSPS) is 11.6. The van der Waals surface area contributed by atoms with Gasteiger partial charge in [0.1, 0.15) is 6.04 Å². The summed E-state index contributed by atoms with van der Waals surface area (Å²) in [7, 11) is 1.31. The Labute approximate surface area is 205 Å². The van der Waals surface area contributed by atoms with Crippen LogP contribution in [0.25, 0.3) is 21.9 Å². The monoisotopic (exact) mass is 476 g/mol. The van der Waals surface area contributed by atoms with Gasteiger partial charge in [0.25, 0.3) is 0 Å². The smallest absolute Gasteiger partial charge is 0.328 e. The number of ether oxygens (including phenoxy) is 1. The Morgan fingerprint density at radius 3 is 2.09 bits per heavy atom. The largest absolute Gasteiger partial charge is 0.467 e. The van der Waals surface area contributed by atoms with Crippen LogP contribution in [0.5, 0.6) is 0 Å². The average Bonchev–Trinajstić information content (AvgIpc) is 2.89. The van der Waals surface area contributed by atoms with Crippen molar-refractivity contribution >= 4 is 28.6 Å². The van der Waals surface area contributed by atoms with Crippen LogP contribution in [0, 0.1) is 0 Å². The molecule has 3 aromatic carbocycles. The number of unbranched alkanes of at least 4 members (excludes halogenated alkanes) is 3. The molecule has 0 fully saturated rings. The minimum Gasteiger partial charge on any atom is -0.467 e. The fourth-order valence-electron chi connectivity index (χ4n) is 4.02. The number of hydrogen-bond donors (Lipinski definition) is 3. The van der Waals surface area contributed by atoms with Crippen molar-refractivity contribution in [1.82, 2.24) is 10.8 Å². The van der Waals surface area contributed by atoms with Gasteiger partial charge in [-0.25, -0.2) is 10.3 Å². The molecule has 0 radical (unpaired) electrons. The number of methoxy groups -OCH3 is 1. The summed E-state index contributed by atoms with van der Waals surface area (Å²) in [6, 6.07) is 21.8. The molecule has 0 bridgehead atoms. The molecule has 3 rings (SSSR count). The third kappa shape index (κ3) is 7.93. The lowest BCUT2D eigenvalue weighted by Crippen LogP contribution is -2.43. The summed E-state index contributed by atoms with van der Waals surface area (Å²) in [5.41, 5.74) is 4.72. The van der Waals surface area contributed by atoms with Crippen molar-refractivity contribution in [1.29, 1.82) is 0 Å². The van der Waals surface area contributed by atoms with Crippen molar-refractivity contribution in [3.05, 3.63) is 72.3 Å². The number of hydroxylamine groups is 1. The van der Waals surface area contributed by atoms with Crippen molar-refractivity contribution in [3.63, 3.8) is 0 Å². The van der Waals surface area contributed by atoms with Gasteiger partial charge >= 0.3 is 5.97 Å². The highest BCUT2D eigenvalue weighted by Crippen LogP contribution is 2.25. The summed E-state index contributed by atoms with van der Waals surface area (Å²) >= 11 is 0. The van der Waals surface area contributed by atoms with E-state index in [1.807, 2.05) is 36.4 Å². The van der Waals surface area contributed by atoms with E-state index in [1.165, 1.54) is 17.9 Å². The number of hydrogen-bond acceptors (Lipinski definition) is 5. The maximum Gasteiger partial charge on any atom is 0.328 e. The minimum atomic E-state index is -0.757. The second kappa shape index (κ2) is 13.2. The third-order valence-electron chi connectivity index (χ3n) is 5.98. The summed E-state index contributed by atoms with van der Waals surface area (Å²) in [4.78, 5) is 35.6. The van der Waals surface area contributed by atoms with E-state index in [-0.39, 0.29) is 12.3 Å². The van der Waals surface area contributed by atoms with Gasteiger partial charge in [0, 0.05) is 19.3 Å². The molecule has 0 unspecified atom stereocenters. The molecule has 1 atom stereocenters. The summed E-state index contributed by atoms with van der Waals surface area (Å²) in [5, 5.41) is 13.6. The highest BCUT2D eigenvalue weighted by molar-refractivity contribution is 5.87. The number of carbonyl (C=O) groups excluding carboxylic acids is 3. The predicted molar refractivity (Wildman–Crippen MR) is 135 cm³/mol. The van der Waals surface area contributed by atoms with Crippen molar-refractivity contribution in [3.8, 4) is 11.1 Å². The highest BCUT2D eigenvalue weighted by atomic mass is 16.5. The van der Waals surface area contributed by atoms with Crippen molar-refractivity contribution < 1.29 is 24.3 Å². The Morgan fingerprint density at radius 1 is 0.800 bits per heavy atom. The molecule has 0 aliphatic carbocycles. The zero-order chi connectivity index (χ0) is 25.0. The first kappa shape index (κ1) is 25.9. The van der Waals surface area contributed by atoms with Crippen LogP contribution in [0.2, 0.25) is 0 Å². The van der Waals surface area contributed by atoms with E-state index in [1.54, 1.807) is 5.48 Å². The number of amides is 2. The fourth-order valence-corrected chi connectivity index (χ4v) is 4.02. The first-order valence-electron chi connectivity index (χ1n) is 11.9. The van der Waals surface area contributed by atoms with Gasteiger partial charge in [0.2, 0.25) is 11.8 Å². The number of carbonyl (C=O) groups is 3. The van der Waals surface area contributed by atoms with Gasteiger partial charge in [0.15, 0.2) is 0 Å². The first-order valence-corrected chi connectivity index (χ1v) is 11.9. The van der Waals surface area contributed by atoms with Crippen molar-refractivity contribution in [2.24, 2.45) is 0 Å². The molecule has 7 heteroatoms. The van der Waals surface area contributed by atoms with E-state index in [0.29, 0.717) is 25.7 Å². The topological polar surface area (TPSA) is 105 Å². The molecule has 7 nitrogen and oxygen atoms in total. The van der Waals surface area contributed by atoms with Crippen molar-refractivity contribution in [2.75, 3.05) is 7.11 Å². The molecule has 35 heavy (non-hydrogen) atoms. The van der Waals surface area contributed by atoms with Crippen LogP contribution in [0.4, 0.5) is 0 Å². The van der Waals surface area contributed by atoms with Gasteiger partial charge in [-0.2, -0.15) is 0 Å². The molecule has 0 spiro atoms. The zero-order valence-corrected chi connectivity index (χ0v) is 20.0. The lowest BCUT2D eigenvalue weighted by Gasteiger charge is -2.17. The van der Waals surface area contributed by atoms with Gasteiger partial charge in [-0.05, 0) is 46.4 Å². The van der Waals surface area contributed by atoms with Crippen LogP contribution < -0.4 is 10.8 Å². The SMILES string of the molecule is COC(=O)[C@H](Cc1ccc(-c2ccc3ccccc3c2)cc1)NC(=O)CCCCCCC(=O)NO. The average molecular weight is 477 g/mol. The van der Waals surface area contributed by atoms with Crippen LogP contribution in [-0.2, 0) is 25.5 Å². The van der Waals surface area contributed by atoms with E-state index in [0.717, 1.165) is 29.5 Å². The second-order valence-corrected chi connectivity index (χ2v) is 8.56. The molecule has 0 heterocycles. The number of fused-ring (bicyclic) bond motifs is 1. The summed E-state index contributed by atoms with van der Waals surface area (Å²) < 4.78 is 4.90. The Bertz CT molecular complexity index is 1140. The van der Waals surface area contributed by atoms with Gasteiger partial charge in [-0.3, -0.25) is 14.8 Å². The standard InChI is InChI=1S/C28H32N2O5/c1-35-28(33)25(29-26(31)10-4-2-3-5-11-27(32)30-34)18-20-12-14-22(15-13-20)24-17-16-21-8-6-7-9-23(21)19-24/h6-9,12-17,19,25,34H,2-5,10-11,18H2,1H3,(H,29,31)(H,30,32)/t25-/m0/s1. The molecule has 0 aliphatic rings. The highest BCUT2D eigenvalue weighted by Gasteiger charge is 2.21. The Hall–Kier alpha value is -3.71. The number of benzene rings is 3.